The zero-order chi connectivity index (χ0) is 21.2. The van der Waals surface area contributed by atoms with Crippen LogP contribution in [0.15, 0.2) is 60.7 Å². The number of primary amides is 1. The number of rotatable bonds is 9. The maximum absolute atomic E-state index is 12.7. The normalized spacial score (nSPS) is 12.7. The zero-order valence-electron chi connectivity index (χ0n) is 16.6. The van der Waals surface area contributed by atoms with Crippen molar-refractivity contribution in [2.45, 2.75) is 39.0 Å². The highest BCUT2D eigenvalue weighted by Gasteiger charge is 2.28. The molecule has 1 unspecified atom stereocenters. The first-order chi connectivity index (χ1) is 13.9. The molecule has 0 aliphatic rings. The average molecular weight is 397 g/mol. The zero-order valence-corrected chi connectivity index (χ0v) is 16.6. The quantitative estimate of drug-likeness (QED) is 0.602. The first-order valence-electron chi connectivity index (χ1n) is 9.47. The molecule has 154 valence electrons. The number of carbonyl (C=O) groups is 3. The molecule has 4 N–H and O–H groups in total. The van der Waals surface area contributed by atoms with Crippen LogP contribution in [0.5, 0.6) is 0 Å². The van der Waals surface area contributed by atoms with E-state index >= 15 is 0 Å². The Bertz CT molecular complexity index is 809. The van der Waals surface area contributed by atoms with E-state index in [2.05, 4.69) is 10.6 Å². The van der Waals surface area contributed by atoms with Crippen LogP contribution in [0, 0.1) is 5.92 Å². The molecule has 7 heteroatoms. The highest BCUT2D eigenvalue weighted by atomic mass is 16.5. The van der Waals surface area contributed by atoms with Crippen molar-refractivity contribution >= 4 is 17.9 Å². The summed E-state index contributed by atoms with van der Waals surface area (Å²) in [5, 5.41) is 5.21. The van der Waals surface area contributed by atoms with Crippen LogP contribution in [0.3, 0.4) is 0 Å². The van der Waals surface area contributed by atoms with Crippen molar-refractivity contribution in [1.29, 1.82) is 0 Å². The van der Waals surface area contributed by atoms with E-state index in [-0.39, 0.29) is 18.9 Å². The molecular weight excluding hydrogens is 370 g/mol. The van der Waals surface area contributed by atoms with Crippen LogP contribution in [-0.2, 0) is 27.4 Å². The Morgan fingerprint density at radius 1 is 0.897 bits per heavy atom. The summed E-state index contributed by atoms with van der Waals surface area (Å²) in [7, 11) is 0. The SMILES string of the molecule is CC(C)[C@H](NC(=O)OCc1ccccc1)C(=O)NC(Cc1ccccc1)C(N)=O. The minimum absolute atomic E-state index is 0.0943. The summed E-state index contributed by atoms with van der Waals surface area (Å²) in [6.45, 7) is 3.67. The van der Waals surface area contributed by atoms with Gasteiger partial charge in [-0.05, 0) is 17.0 Å². The van der Waals surface area contributed by atoms with Crippen molar-refractivity contribution < 1.29 is 19.1 Å². The lowest BCUT2D eigenvalue weighted by Crippen LogP contribution is -2.55. The van der Waals surface area contributed by atoms with Gasteiger partial charge in [-0.2, -0.15) is 0 Å². The molecule has 0 aliphatic carbocycles. The molecule has 0 radical (unpaired) electrons. The van der Waals surface area contributed by atoms with Gasteiger partial charge in [0.25, 0.3) is 0 Å². The van der Waals surface area contributed by atoms with Crippen molar-refractivity contribution in [1.82, 2.24) is 10.6 Å². The minimum Gasteiger partial charge on any atom is -0.445 e. The molecule has 0 aromatic heterocycles. The molecular formula is C22H27N3O4. The highest BCUT2D eigenvalue weighted by molar-refractivity contribution is 5.91. The topological polar surface area (TPSA) is 111 Å². The van der Waals surface area contributed by atoms with Gasteiger partial charge >= 0.3 is 6.09 Å². The second kappa shape index (κ2) is 10.8. The molecule has 0 bridgehead atoms. The number of ether oxygens (including phenoxy) is 1. The van der Waals surface area contributed by atoms with Crippen LogP contribution in [0.1, 0.15) is 25.0 Å². The maximum Gasteiger partial charge on any atom is 0.408 e. The third-order valence-electron chi connectivity index (χ3n) is 4.38. The molecule has 2 aromatic rings. The third-order valence-corrected chi connectivity index (χ3v) is 4.38. The Hall–Kier alpha value is -3.35. The van der Waals surface area contributed by atoms with E-state index in [4.69, 9.17) is 10.5 Å². The summed E-state index contributed by atoms with van der Waals surface area (Å²) in [5.41, 5.74) is 7.16. The number of carbonyl (C=O) groups excluding carboxylic acids is 3. The predicted molar refractivity (Wildman–Crippen MR) is 110 cm³/mol. The molecule has 2 rings (SSSR count). The molecule has 0 fully saturated rings. The lowest BCUT2D eigenvalue weighted by molar-refractivity contribution is -0.129. The lowest BCUT2D eigenvalue weighted by atomic mass is 10.0. The number of alkyl carbamates (subject to hydrolysis) is 1. The van der Waals surface area contributed by atoms with E-state index in [9.17, 15) is 14.4 Å². The molecule has 3 amide bonds. The Morgan fingerprint density at radius 3 is 1.97 bits per heavy atom. The van der Waals surface area contributed by atoms with Crippen molar-refractivity contribution in [2.75, 3.05) is 0 Å². The van der Waals surface area contributed by atoms with Gasteiger partial charge in [0.15, 0.2) is 0 Å². The van der Waals surface area contributed by atoms with Crippen molar-refractivity contribution in [3.8, 4) is 0 Å². The van der Waals surface area contributed by atoms with Crippen LogP contribution in [-0.4, -0.2) is 30.0 Å². The number of hydrogen-bond acceptors (Lipinski definition) is 4. The van der Waals surface area contributed by atoms with Gasteiger partial charge in [0, 0.05) is 6.42 Å². The first-order valence-corrected chi connectivity index (χ1v) is 9.47. The van der Waals surface area contributed by atoms with Crippen molar-refractivity contribution in [2.24, 2.45) is 11.7 Å². The van der Waals surface area contributed by atoms with E-state index in [1.807, 2.05) is 60.7 Å². The second-order valence-electron chi connectivity index (χ2n) is 7.08. The van der Waals surface area contributed by atoms with Gasteiger partial charge < -0.3 is 21.1 Å². The summed E-state index contributed by atoms with van der Waals surface area (Å²) in [5.74, 6) is -1.35. The van der Waals surface area contributed by atoms with Crippen LogP contribution < -0.4 is 16.4 Å². The van der Waals surface area contributed by atoms with Gasteiger partial charge in [-0.25, -0.2) is 4.79 Å². The van der Waals surface area contributed by atoms with Crippen LogP contribution in [0.2, 0.25) is 0 Å². The summed E-state index contributed by atoms with van der Waals surface area (Å²) < 4.78 is 5.19. The molecule has 0 spiro atoms. The first kappa shape index (κ1) is 21.9. The third kappa shape index (κ3) is 7.29. The summed E-state index contributed by atoms with van der Waals surface area (Å²) in [6.07, 6.45) is -0.438. The Morgan fingerprint density at radius 2 is 1.45 bits per heavy atom. The van der Waals surface area contributed by atoms with Gasteiger partial charge in [-0.3, -0.25) is 9.59 Å². The number of nitrogens with one attached hydrogen (secondary N) is 2. The van der Waals surface area contributed by atoms with Gasteiger partial charge in [0.05, 0.1) is 0 Å². The fraction of sp³-hybridized carbons (Fsp3) is 0.318. The summed E-state index contributed by atoms with van der Waals surface area (Å²) >= 11 is 0. The molecule has 0 aliphatic heterocycles. The van der Waals surface area contributed by atoms with Crippen LogP contribution in [0.25, 0.3) is 0 Å². The van der Waals surface area contributed by atoms with Gasteiger partial charge in [-0.15, -0.1) is 0 Å². The summed E-state index contributed by atoms with van der Waals surface area (Å²) in [6, 6.07) is 16.7. The van der Waals surface area contributed by atoms with Gasteiger partial charge in [-0.1, -0.05) is 74.5 Å². The average Bonchev–Trinajstić information content (AvgIpc) is 2.71. The van der Waals surface area contributed by atoms with E-state index in [0.29, 0.717) is 0 Å². The number of hydrogen-bond donors (Lipinski definition) is 3. The van der Waals surface area contributed by atoms with Crippen molar-refractivity contribution in [3.05, 3.63) is 71.8 Å². The minimum atomic E-state index is -0.881. The maximum atomic E-state index is 12.7. The molecule has 7 nitrogen and oxygen atoms in total. The molecule has 2 aromatic carbocycles. The Balaban J connectivity index is 1.96. The standard InChI is InChI=1S/C22H27N3O4/c1-15(2)19(25-22(28)29-14-17-11-7-4-8-12-17)21(27)24-18(20(23)26)13-16-9-5-3-6-10-16/h3-12,15,18-19H,13-14H2,1-2H3,(H2,23,26)(H,24,27)(H,25,28)/t18?,19-/m0/s1. The monoisotopic (exact) mass is 397 g/mol. The van der Waals surface area contributed by atoms with E-state index < -0.39 is 30.0 Å². The fourth-order valence-corrected chi connectivity index (χ4v) is 2.76. The smallest absolute Gasteiger partial charge is 0.408 e. The van der Waals surface area contributed by atoms with Crippen LogP contribution >= 0.6 is 0 Å². The lowest BCUT2D eigenvalue weighted by Gasteiger charge is -2.24. The molecule has 0 heterocycles. The van der Waals surface area contributed by atoms with E-state index in [1.165, 1.54) is 0 Å². The molecule has 0 saturated heterocycles. The molecule has 2 atom stereocenters. The second-order valence-corrected chi connectivity index (χ2v) is 7.08. The number of nitrogens with two attached hydrogens (primary N) is 1. The van der Waals surface area contributed by atoms with Gasteiger partial charge in [0.2, 0.25) is 11.8 Å². The van der Waals surface area contributed by atoms with Gasteiger partial charge in [0.1, 0.15) is 18.7 Å². The predicted octanol–water partition coefficient (Wildman–Crippen LogP) is 2.15. The van der Waals surface area contributed by atoms with Crippen molar-refractivity contribution in [3.63, 3.8) is 0 Å². The molecule has 29 heavy (non-hydrogen) atoms. The molecule has 0 saturated carbocycles. The van der Waals surface area contributed by atoms with Crippen LogP contribution in [0.4, 0.5) is 4.79 Å². The number of amides is 3. The Kier molecular flexibility index (Phi) is 8.21. The van der Waals surface area contributed by atoms with E-state index in [1.54, 1.807) is 13.8 Å². The largest absolute Gasteiger partial charge is 0.445 e. The summed E-state index contributed by atoms with van der Waals surface area (Å²) in [4.78, 5) is 36.7. The Labute approximate surface area is 170 Å². The highest BCUT2D eigenvalue weighted by Crippen LogP contribution is 2.07. The fourth-order valence-electron chi connectivity index (χ4n) is 2.76. The number of benzene rings is 2. The van der Waals surface area contributed by atoms with E-state index in [0.717, 1.165) is 11.1 Å².